The van der Waals surface area contributed by atoms with Gasteiger partial charge in [0.15, 0.2) is 0 Å². The second-order valence-electron chi connectivity index (χ2n) is 8.94. The van der Waals surface area contributed by atoms with Gasteiger partial charge in [-0.25, -0.2) is 9.97 Å². The maximum atomic E-state index is 6.48. The Hall–Kier alpha value is -2.63. The Balaban J connectivity index is 1.35. The fraction of sp³-hybridized carbons (Fsp3) is 0.333. The molecule has 33 heavy (non-hydrogen) atoms. The number of piperazine rings is 1. The number of nitrogens with zero attached hydrogens (tertiary/aromatic N) is 4. The zero-order chi connectivity index (χ0) is 22.2. The Morgan fingerprint density at radius 3 is 2.36 bits per heavy atom. The van der Waals surface area contributed by atoms with Crippen LogP contribution in [-0.4, -0.2) is 36.1 Å². The molecule has 0 spiro atoms. The number of halogens is 1. The third-order valence-electron chi connectivity index (χ3n) is 6.82. The van der Waals surface area contributed by atoms with Crippen molar-refractivity contribution >= 4 is 44.7 Å². The number of rotatable bonds is 4. The van der Waals surface area contributed by atoms with Gasteiger partial charge in [0.2, 0.25) is 0 Å². The van der Waals surface area contributed by atoms with Crippen LogP contribution in [0.4, 0.5) is 11.5 Å². The molecule has 0 saturated carbocycles. The summed E-state index contributed by atoms with van der Waals surface area (Å²) in [6.45, 7) is 3.75. The molecule has 1 aliphatic carbocycles. The highest BCUT2D eigenvalue weighted by Crippen LogP contribution is 2.40. The highest BCUT2D eigenvalue weighted by Gasteiger charge is 2.26. The number of thiophene rings is 1. The Bertz CT molecular complexity index is 1280. The molecular weight excluding hydrogens is 448 g/mol. The maximum Gasteiger partial charge on any atom is 0.141 e. The Morgan fingerprint density at radius 1 is 0.818 bits per heavy atom. The van der Waals surface area contributed by atoms with Gasteiger partial charge in [0, 0.05) is 37.5 Å². The molecule has 2 aromatic carbocycles. The van der Waals surface area contributed by atoms with E-state index in [1.165, 1.54) is 45.5 Å². The van der Waals surface area contributed by atoms with Crippen LogP contribution in [0.15, 0.2) is 54.6 Å². The van der Waals surface area contributed by atoms with Crippen LogP contribution in [0, 0.1) is 0 Å². The number of aryl methyl sites for hydroxylation is 2. The number of hydrogen-bond acceptors (Lipinski definition) is 5. The number of hydrogen-bond donors (Lipinski definition) is 0. The smallest absolute Gasteiger partial charge is 0.141 e. The predicted molar refractivity (Wildman–Crippen MR) is 139 cm³/mol. The minimum atomic E-state index is 0.770. The Morgan fingerprint density at radius 2 is 1.55 bits per heavy atom. The average molecular weight is 475 g/mol. The van der Waals surface area contributed by atoms with Gasteiger partial charge in [0.25, 0.3) is 0 Å². The summed E-state index contributed by atoms with van der Waals surface area (Å²) in [5.74, 6) is 2.07. The van der Waals surface area contributed by atoms with Gasteiger partial charge in [-0.2, -0.15) is 0 Å². The molecule has 0 N–H and O–H groups in total. The van der Waals surface area contributed by atoms with Gasteiger partial charge in [0.05, 0.1) is 16.1 Å². The largest absolute Gasteiger partial charge is 0.367 e. The summed E-state index contributed by atoms with van der Waals surface area (Å²) in [7, 11) is 0. The normalized spacial score (nSPS) is 16.3. The van der Waals surface area contributed by atoms with Gasteiger partial charge in [-0.1, -0.05) is 54.1 Å². The van der Waals surface area contributed by atoms with Crippen molar-refractivity contribution in [2.24, 2.45) is 0 Å². The van der Waals surface area contributed by atoms with Gasteiger partial charge in [0.1, 0.15) is 16.5 Å². The first-order valence-electron chi connectivity index (χ1n) is 11.9. The van der Waals surface area contributed by atoms with Crippen LogP contribution in [0.2, 0.25) is 5.02 Å². The Kier molecular flexibility index (Phi) is 5.68. The summed E-state index contributed by atoms with van der Waals surface area (Å²) in [4.78, 5) is 17.8. The van der Waals surface area contributed by atoms with E-state index in [9.17, 15) is 0 Å². The van der Waals surface area contributed by atoms with Gasteiger partial charge in [-0.3, -0.25) is 0 Å². The molecule has 1 fully saturated rings. The van der Waals surface area contributed by atoms with E-state index in [0.717, 1.165) is 61.4 Å². The molecule has 6 heteroatoms. The van der Waals surface area contributed by atoms with Crippen LogP contribution >= 0.6 is 22.9 Å². The summed E-state index contributed by atoms with van der Waals surface area (Å²) < 4.78 is 0. The molecule has 2 aromatic heterocycles. The zero-order valence-corrected chi connectivity index (χ0v) is 20.2. The molecule has 0 atom stereocenters. The fourth-order valence-corrected chi connectivity index (χ4v) is 6.66. The summed E-state index contributed by atoms with van der Waals surface area (Å²) in [6.07, 6.45) is 5.67. The van der Waals surface area contributed by atoms with E-state index < -0.39 is 0 Å². The molecule has 2 aliphatic rings. The second-order valence-corrected chi connectivity index (χ2v) is 10.4. The predicted octanol–water partition coefficient (Wildman–Crippen LogP) is 6.14. The van der Waals surface area contributed by atoms with E-state index in [1.807, 2.05) is 23.5 Å². The summed E-state index contributed by atoms with van der Waals surface area (Å²) in [6, 6.07) is 18.7. The van der Waals surface area contributed by atoms with Crippen molar-refractivity contribution in [3.63, 3.8) is 0 Å². The molecule has 0 unspecified atom stereocenters. The number of anilines is 2. The van der Waals surface area contributed by atoms with E-state index >= 15 is 0 Å². The van der Waals surface area contributed by atoms with Crippen molar-refractivity contribution in [2.45, 2.75) is 32.1 Å². The summed E-state index contributed by atoms with van der Waals surface area (Å²) >= 11 is 8.37. The van der Waals surface area contributed by atoms with Crippen LogP contribution in [0.25, 0.3) is 10.2 Å². The second kappa shape index (κ2) is 8.96. The van der Waals surface area contributed by atoms with Crippen molar-refractivity contribution in [3.8, 4) is 0 Å². The number of aromatic nitrogens is 2. The van der Waals surface area contributed by atoms with Gasteiger partial charge >= 0.3 is 0 Å². The van der Waals surface area contributed by atoms with Crippen LogP contribution in [0.1, 0.15) is 34.7 Å². The van der Waals surface area contributed by atoms with Crippen LogP contribution in [-0.2, 0) is 19.3 Å². The van der Waals surface area contributed by atoms with Crippen LogP contribution in [0.5, 0.6) is 0 Å². The van der Waals surface area contributed by atoms with Crippen molar-refractivity contribution < 1.29 is 0 Å². The van der Waals surface area contributed by atoms with E-state index in [4.69, 9.17) is 21.6 Å². The van der Waals surface area contributed by atoms with E-state index in [2.05, 4.69) is 52.3 Å². The van der Waals surface area contributed by atoms with Gasteiger partial charge < -0.3 is 9.80 Å². The lowest BCUT2D eigenvalue weighted by molar-refractivity contribution is 0.647. The van der Waals surface area contributed by atoms with E-state index in [1.54, 1.807) is 0 Å². The maximum absolute atomic E-state index is 6.48. The van der Waals surface area contributed by atoms with Crippen molar-refractivity contribution in [3.05, 3.63) is 81.4 Å². The molecular formula is C27H27ClN4S. The molecule has 6 rings (SSSR count). The van der Waals surface area contributed by atoms with Crippen LogP contribution < -0.4 is 9.80 Å². The summed E-state index contributed by atoms with van der Waals surface area (Å²) in [5, 5.41) is 2.14. The molecule has 1 saturated heterocycles. The third kappa shape index (κ3) is 4.09. The first kappa shape index (κ1) is 20.9. The highest BCUT2D eigenvalue weighted by molar-refractivity contribution is 7.19. The molecule has 1 aliphatic heterocycles. The molecule has 3 heterocycles. The zero-order valence-electron chi connectivity index (χ0n) is 18.6. The fourth-order valence-electron chi connectivity index (χ4n) is 5.13. The molecule has 0 amide bonds. The number of para-hydroxylation sites is 1. The average Bonchev–Trinajstić information content (AvgIpc) is 3.23. The first-order valence-corrected chi connectivity index (χ1v) is 13.1. The van der Waals surface area contributed by atoms with Crippen molar-refractivity contribution in [1.29, 1.82) is 0 Å². The molecule has 4 nitrogen and oxygen atoms in total. The number of benzene rings is 2. The van der Waals surface area contributed by atoms with Gasteiger partial charge in [-0.15, -0.1) is 11.3 Å². The molecule has 0 radical (unpaired) electrons. The minimum absolute atomic E-state index is 0.770. The lowest BCUT2D eigenvalue weighted by atomic mass is 9.96. The van der Waals surface area contributed by atoms with Crippen molar-refractivity contribution in [1.82, 2.24) is 9.97 Å². The van der Waals surface area contributed by atoms with Crippen LogP contribution in [0.3, 0.4) is 0 Å². The lowest BCUT2D eigenvalue weighted by Gasteiger charge is -2.37. The first-order chi connectivity index (χ1) is 16.3. The minimum Gasteiger partial charge on any atom is -0.367 e. The van der Waals surface area contributed by atoms with E-state index in [0.29, 0.717) is 0 Å². The third-order valence-corrected chi connectivity index (χ3v) is 8.32. The quantitative estimate of drug-likeness (QED) is 0.355. The number of fused-ring (bicyclic) bond motifs is 3. The lowest BCUT2D eigenvalue weighted by Crippen LogP contribution is -2.47. The van der Waals surface area contributed by atoms with E-state index in [-0.39, 0.29) is 0 Å². The van der Waals surface area contributed by atoms with Gasteiger partial charge in [-0.05, 0) is 48.9 Å². The molecule has 168 valence electrons. The summed E-state index contributed by atoms with van der Waals surface area (Å²) in [5.41, 5.74) is 3.90. The molecule has 0 bridgehead atoms. The Labute approximate surface area is 203 Å². The van der Waals surface area contributed by atoms with Crippen molar-refractivity contribution in [2.75, 3.05) is 36.0 Å². The topological polar surface area (TPSA) is 32.3 Å². The monoisotopic (exact) mass is 474 g/mol. The molecule has 4 aromatic rings. The highest BCUT2D eigenvalue weighted by atomic mass is 35.5. The SMILES string of the molecule is Clc1ccccc1N1CCN(c2nc(Cc3ccccc3)nc3sc4c(c23)CCCC4)CC1. The standard InChI is InChI=1S/C27H27ClN4S/c28-21-11-5-6-12-22(21)31-14-16-32(17-15-31)26-25-20-10-4-7-13-23(20)33-27(25)30-24(29-26)18-19-8-2-1-3-9-19/h1-3,5-6,8-9,11-12H,4,7,10,13-18H2.